The lowest BCUT2D eigenvalue weighted by atomic mass is 9.89. The smallest absolute Gasteiger partial charge is 0.303 e. The summed E-state index contributed by atoms with van der Waals surface area (Å²) in [7, 11) is 0. The number of ether oxygens (including phenoxy) is 2. The molecule has 0 saturated heterocycles. The Bertz CT molecular complexity index is 799. The van der Waals surface area contributed by atoms with Crippen molar-refractivity contribution < 1.29 is 29.0 Å². The van der Waals surface area contributed by atoms with Crippen LogP contribution in [0.3, 0.4) is 0 Å². The van der Waals surface area contributed by atoms with Crippen LogP contribution in [0.15, 0.2) is 23.8 Å². The molecule has 6 nitrogen and oxygen atoms in total. The molecule has 0 aromatic heterocycles. The first-order valence-electron chi connectivity index (χ1n) is 11.5. The molecule has 0 amide bonds. The van der Waals surface area contributed by atoms with Crippen LogP contribution in [0.25, 0.3) is 0 Å². The SMILES string of the molecule is CC#CCC(C)[C@@H](C=C[C@@H]1[C@H]2CC(=CCCCC(=O)O)C[C@H]2C[C@H]1OC(C)=O)OC(C)=O. The van der Waals surface area contributed by atoms with Crippen molar-refractivity contribution in [3.05, 3.63) is 23.8 Å². The van der Waals surface area contributed by atoms with E-state index in [0.717, 1.165) is 25.7 Å². The van der Waals surface area contributed by atoms with Gasteiger partial charge in [0.05, 0.1) is 0 Å². The monoisotopic (exact) mass is 444 g/mol. The summed E-state index contributed by atoms with van der Waals surface area (Å²) in [5.74, 6) is 5.49. The highest BCUT2D eigenvalue weighted by molar-refractivity contribution is 5.67. The molecule has 2 fully saturated rings. The van der Waals surface area contributed by atoms with Crippen molar-refractivity contribution in [3.8, 4) is 11.8 Å². The lowest BCUT2D eigenvalue weighted by Gasteiger charge is -2.23. The molecule has 2 rings (SSSR count). The Hall–Kier alpha value is -2.55. The van der Waals surface area contributed by atoms with Gasteiger partial charge in [0.25, 0.3) is 0 Å². The number of unbranched alkanes of at least 4 members (excludes halogenated alkanes) is 1. The van der Waals surface area contributed by atoms with Crippen LogP contribution in [0.1, 0.15) is 72.6 Å². The third-order valence-electron chi connectivity index (χ3n) is 6.42. The number of fused-ring (bicyclic) bond motifs is 1. The van der Waals surface area contributed by atoms with E-state index in [1.54, 1.807) is 6.92 Å². The summed E-state index contributed by atoms with van der Waals surface area (Å²) in [6.07, 6.45) is 10.6. The van der Waals surface area contributed by atoms with Crippen molar-refractivity contribution in [2.75, 3.05) is 0 Å². The van der Waals surface area contributed by atoms with Gasteiger partial charge in [0, 0.05) is 38.5 Å². The summed E-state index contributed by atoms with van der Waals surface area (Å²) in [6.45, 7) is 6.65. The lowest BCUT2D eigenvalue weighted by molar-refractivity contribution is -0.147. The topological polar surface area (TPSA) is 89.9 Å². The highest BCUT2D eigenvalue weighted by atomic mass is 16.5. The van der Waals surface area contributed by atoms with Crippen LogP contribution in [0.4, 0.5) is 0 Å². The van der Waals surface area contributed by atoms with Gasteiger partial charge in [-0.25, -0.2) is 0 Å². The molecule has 0 aromatic carbocycles. The van der Waals surface area contributed by atoms with E-state index in [1.165, 1.54) is 19.4 Å². The van der Waals surface area contributed by atoms with Crippen LogP contribution in [-0.2, 0) is 23.9 Å². The number of hydrogen-bond acceptors (Lipinski definition) is 5. The molecule has 0 radical (unpaired) electrons. The van der Waals surface area contributed by atoms with Gasteiger partial charge < -0.3 is 14.6 Å². The fourth-order valence-electron chi connectivity index (χ4n) is 4.97. The van der Waals surface area contributed by atoms with Crippen molar-refractivity contribution in [1.29, 1.82) is 0 Å². The van der Waals surface area contributed by atoms with Gasteiger partial charge in [-0.1, -0.05) is 24.6 Å². The number of carbonyl (C=O) groups excluding carboxylic acids is 2. The minimum Gasteiger partial charge on any atom is -0.481 e. The van der Waals surface area contributed by atoms with Gasteiger partial charge in [-0.3, -0.25) is 14.4 Å². The van der Waals surface area contributed by atoms with Crippen LogP contribution in [0, 0.1) is 35.5 Å². The Kier molecular flexibility index (Phi) is 10.0. The third kappa shape index (κ3) is 7.85. The van der Waals surface area contributed by atoms with Crippen molar-refractivity contribution in [1.82, 2.24) is 0 Å². The summed E-state index contributed by atoms with van der Waals surface area (Å²) < 4.78 is 11.2. The molecule has 176 valence electrons. The van der Waals surface area contributed by atoms with Gasteiger partial charge in [0.1, 0.15) is 12.2 Å². The van der Waals surface area contributed by atoms with Crippen molar-refractivity contribution >= 4 is 17.9 Å². The fourth-order valence-corrected chi connectivity index (χ4v) is 4.97. The van der Waals surface area contributed by atoms with Crippen LogP contribution >= 0.6 is 0 Å². The number of aliphatic carboxylic acids is 1. The predicted octanol–water partition coefficient (Wildman–Crippen LogP) is 4.68. The van der Waals surface area contributed by atoms with Gasteiger partial charge in [-0.15, -0.1) is 11.8 Å². The Balaban J connectivity index is 2.13. The molecule has 0 aliphatic heterocycles. The Morgan fingerprint density at radius 2 is 1.97 bits per heavy atom. The average molecular weight is 445 g/mol. The van der Waals surface area contributed by atoms with E-state index < -0.39 is 5.97 Å². The maximum Gasteiger partial charge on any atom is 0.303 e. The van der Waals surface area contributed by atoms with Gasteiger partial charge in [0.15, 0.2) is 0 Å². The molecular weight excluding hydrogens is 408 g/mol. The predicted molar refractivity (Wildman–Crippen MR) is 121 cm³/mol. The van der Waals surface area contributed by atoms with Crippen LogP contribution in [-0.4, -0.2) is 35.2 Å². The quantitative estimate of drug-likeness (QED) is 0.228. The van der Waals surface area contributed by atoms with Crippen molar-refractivity contribution in [2.45, 2.75) is 84.8 Å². The second kappa shape index (κ2) is 12.5. The summed E-state index contributed by atoms with van der Waals surface area (Å²) in [6, 6.07) is 0. The maximum absolute atomic E-state index is 11.7. The fraction of sp³-hybridized carbons (Fsp3) is 0.654. The first-order chi connectivity index (χ1) is 15.2. The molecule has 1 unspecified atom stereocenters. The third-order valence-corrected chi connectivity index (χ3v) is 6.42. The van der Waals surface area contributed by atoms with Gasteiger partial charge in [-0.05, 0) is 56.9 Å². The first-order valence-corrected chi connectivity index (χ1v) is 11.5. The van der Waals surface area contributed by atoms with E-state index in [0.29, 0.717) is 24.7 Å². The minimum atomic E-state index is -0.761. The molecule has 6 atom stereocenters. The van der Waals surface area contributed by atoms with E-state index in [4.69, 9.17) is 14.6 Å². The largest absolute Gasteiger partial charge is 0.481 e. The van der Waals surface area contributed by atoms with E-state index in [-0.39, 0.29) is 42.4 Å². The molecule has 1 N–H and O–H groups in total. The number of carbonyl (C=O) groups is 3. The van der Waals surface area contributed by atoms with Crippen molar-refractivity contribution in [2.24, 2.45) is 23.7 Å². The van der Waals surface area contributed by atoms with E-state index in [1.807, 2.05) is 13.0 Å². The summed E-state index contributed by atoms with van der Waals surface area (Å²) in [5.41, 5.74) is 1.37. The van der Waals surface area contributed by atoms with Crippen LogP contribution in [0.5, 0.6) is 0 Å². The molecule has 6 heteroatoms. The molecular formula is C26H36O6. The molecule has 32 heavy (non-hydrogen) atoms. The van der Waals surface area contributed by atoms with Gasteiger partial charge >= 0.3 is 17.9 Å². The highest BCUT2D eigenvalue weighted by Crippen LogP contribution is 2.51. The van der Waals surface area contributed by atoms with Crippen LogP contribution < -0.4 is 0 Å². The molecule has 2 saturated carbocycles. The van der Waals surface area contributed by atoms with E-state index in [2.05, 4.69) is 24.0 Å². The maximum atomic E-state index is 11.7. The van der Waals surface area contributed by atoms with Gasteiger partial charge in [-0.2, -0.15) is 0 Å². The summed E-state index contributed by atoms with van der Waals surface area (Å²) >= 11 is 0. The Morgan fingerprint density at radius 1 is 1.22 bits per heavy atom. The molecule has 0 spiro atoms. The lowest BCUT2D eigenvalue weighted by Crippen LogP contribution is -2.25. The number of hydrogen-bond donors (Lipinski definition) is 1. The second-order valence-corrected chi connectivity index (χ2v) is 9.01. The Labute approximate surface area is 191 Å². The number of rotatable bonds is 10. The molecule has 0 aromatic rings. The zero-order valence-electron chi connectivity index (χ0n) is 19.6. The second-order valence-electron chi connectivity index (χ2n) is 9.01. The highest BCUT2D eigenvalue weighted by Gasteiger charge is 2.47. The number of allylic oxidation sites excluding steroid dienone is 2. The normalized spacial score (nSPS) is 27.4. The number of carboxylic acid groups (broad SMARTS) is 1. The molecule has 2 aliphatic rings. The van der Waals surface area contributed by atoms with E-state index >= 15 is 0 Å². The molecule has 0 bridgehead atoms. The Morgan fingerprint density at radius 3 is 2.59 bits per heavy atom. The zero-order chi connectivity index (χ0) is 23.7. The van der Waals surface area contributed by atoms with E-state index in [9.17, 15) is 14.4 Å². The standard InChI is InChI=1S/C26H36O6/c1-5-6-9-17(2)24(31-18(3)27)13-12-22-23-15-20(10-7-8-11-26(29)30)14-21(23)16-25(22)32-19(4)28/h10,12-13,17,21-25H,7-9,11,14-16H2,1-4H3,(H,29,30)/t17?,21-,22+,23-,24+,25+/m0/s1. The molecule has 0 heterocycles. The number of carboxylic acids is 1. The first kappa shape index (κ1) is 25.7. The molecule has 2 aliphatic carbocycles. The average Bonchev–Trinajstić information content (AvgIpc) is 3.23. The van der Waals surface area contributed by atoms with Gasteiger partial charge in [0.2, 0.25) is 0 Å². The number of esters is 2. The minimum absolute atomic E-state index is 0.0558. The summed E-state index contributed by atoms with van der Waals surface area (Å²) in [4.78, 5) is 34.0. The summed E-state index contributed by atoms with van der Waals surface area (Å²) in [5, 5.41) is 8.81. The van der Waals surface area contributed by atoms with Crippen LogP contribution in [0.2, 0.25) is 0 Å². The van der Waals surface area contributed by atoms with Crippen molar-refractivity contribution in [3.63, 3.8) is 0 Å². The zero-order valence-corrected chi connectivity index (χ0v) is 19.6.